The maximum Gasteiger partial charge on any atom is 0.188 e. The molecule has 1 aliphatic carbocycles. The Morgan fingerprint density at radius 3 is 2.76 bits per heavy atom. The molecule has 9 heteroatoms. The molecule has 0 spiro atoms. The van der Waals surface area contributed by atoms with E-state index in [-0.39, 0.29) is 48.2 Å². The monoisotopic (exact) mass is 577 g/mol. The number of carbonyl (C=O) groups excluding carboxylic acids is 1. The van der Waals surface area contributed by atoms with Crippen molar-refractivity contribution in [1.29, 1.82) is 0 Å². The molecule has 1 aliphatic heterocycles. The number of aliphatic imine (C=N–C) groups is 1. The van der Waals surface area contributed by atoms with Gasteiger partial charge in [-0.15, -0.1) is 0 Å². The van der Waals surface area contributed by atoms with E-state index in [2.05, 4.69) is 36.0 Å². The molecule has 1 heterocycles. The van der Waals surface area contributed by atoms with Crippen molar-refractivity contribution in [3.8, 4) is 34.8 Å². The summed E-state index contributed by atoms with van der Waals surface area (Å²) in [5.41, 5.74) is 9.82. The minimum Gasteiger partial charge on any atom is -0.504 e. The number of aromatic hydroxyl groups is 2. The molecular formula is C33H43N3O6. The number of aryl methyl sites for hydroxylation is 2. The molecule has 6 N–H and O–H groups in total. The van der Waals surface area contributed by atoms with Gasteiger partial charge in [0, 0.05) is 43.5 Å². The standard InChI is InChI=1S/C33H43N3O6/c1-20(2)18-36-33(34)35-14-13-21-15-28-23-8-11-26(38)17-25(37)10-7-22-9-12-29(39)31(41-3)27(22)6-4-5-24(16-23)30(40)32(28)42-19-21/h9,12,16,20-21,26,38-40H,5,7-8,10-11,13-15,17-19H2,1-3H3,(H3,34,35,36). The van der Waals surface area contributed by atoms with Gasteiger partial charge < -0.3 is 35.8 Å². The van der Waals surface area contributed by atoms with Crippen LogP contribution in [0.5, 0.6) is 23.0 Å². The second-order valence-corrected chi connectivity index (χ2v) is 11.6. The van der Waals surface area contributed by atoms with E-state index in [1.54, 1.807) is 6.07 Å². The maximum absolute atomic E-state index is 12.7. The van der Waals surface area contributed by atoms with Crippen molar-refractivity contribution in [2.75, 3.05) is 26.8 Å². The number of phenolic OH excluding ortho intramolecular Hbond substituents is 2. The Labute approximate surface area is 248 Å². The molecule has 0 aromatic heterocycles. The zero-order chi connectivity index (χ0) is 30.2. The van der Waals surface area contributed by atoms with Crippen LogP contribution >= 0.6 is 0 Å². The number of aliphatic hydroxyl groups is 1. The zero-order valence-electron chi connectivity index (χ0n) is 24.8. The van der Waals surface area contributed by atoms with Crippen LogP contribution in [0.2, 0.25) is 0 Å². The highest BCUT2D eigenvalue weighted by Crippen LogP contribution is 2.42. The van der Waals surface area contributed by atoms with E-state index >= 15 is 0 Å². The van der Waals surface area contributed by atoms with E-state index in [1.807, 2.05) is 6.07 Å². The van der Waals surface area contributed by atoms with Gasteiger partial charge in [-0.25, -0.2) is 0 Å². The van der Waals surface area contributed by atoms with Crippen LogP contribution in [0.4, 0.5) is 0 Å². The first kappa shape index (κ1) is 31.0. The van der Waals surface area contributed by atoms with Crippen molar-refractivity contribution < 1.29 is 29.6 Å². The molecule has 2 aromatic carbocycles. The van der Waals surface area contributed by atoms with Crippen LogP contribution in [-0.4, -0.2) is 60.0 Å². The molecule has 2 atom stereocenters. The number of rotatable bonds is 6. The molecule has 0 fully saturated rings. The number of Topliss-reactive ketones (excluding diaryl/α,β-unsaturated/α-hetero) is 1. The molecule has 4 rings (SSSR count). The topological polar surface area (TPSA) is 147 Å². The third-order valence-electron chi connectivity index (χ3n) is 7.77. The van der Waals surface area contributed by atoms with Crippen LogP contribution in [0.15, 0.2) is 23.2 Å². The minimum atomic E-state index is -0.779. The molecule has 2 aliphatic rings. The fourth-order valence-corrected chi connectivity index (χ4v) is 5.47. The summed E-state index contributed by atoms with van der Waals surface area (Å²) in [5, 5.41) is 35.5. The van der Waals surface area contributed by atoms with Crippen LogP contribution in [0, 0.1) is 23.7 Å². The van der Waals surface area contributed by atoms with Crippen molar-refractivity contribution in [3.05, 3.63) is 46.0 Å². The number of hydrogen-bond acceptors (Lipinski definition) is 7. The van der Waals surface area contributed by atoms with Gasteiger partial charge in [0.1, 0.15) is 5.78 Å². The Morgan fingerprint density at radius 2 is 2.00 bits per heavy atom. The number of methoxy groups -OCH3 is 1. The molecule has 226 valence electrons. The summed E-state index contributed by atoms with van der Waals surface area (Å²) in [4.78, 5) is 17.1. The molecule has 0 amide bonds. The van der Waals surface area contributed by atoms with Gasteiger partial charge >= 0.3 is 0 Å². The highest BCUT2D eigenvalue weighted by Gasteiger charge is 2.27. The number of hydrogen-bond donors (Lipinski definition) is 5. The Kier molecular flexibility index (Phi) is 10.6. The summed E-state index contributed by atoms with van der Waals surface area (Å²) in [6.07, 6.45) is 2.69. The molecule has 2 aromatic rings. The van der Waals surface area contributed by atoms with E-state index in [0.717, 1.165) is 23.1 Å². The predicted molar refractivity (Wildman–Crippen MR) is 162 cm³/mol. The number of benzene rings is 2. The minimum absolute atomic E-state index is 0.0344. The number of fused-ring (bicyclic) bond motifs is 5. The fraction of sp³-hybridized carbons (Fsp3) is 0.515. The average Bonchev–Trinajstić information content (AvgIpc) is 2.96. The Hall–Kier alpha value is -3.90. The lowest BCUT2D eigenvalue weighted by atomic mass is 9.86. The number of carbonyl (C=O) groups is 1. The van der Waals surface area contributed by atoms with Gasteiger partial charge in [0.05, 0.1) is 25.4 Å². The molecule has 0 saturated heterocycles. The van der Waals surface area contributed by atoms with Crippen molar-refractivity contribution in [3.63, 3.8) is 0 Å². The van der Waals surface area contributed by atoms with Gasteiger partial charge in [0.25, 0.3) is 0 Å². The third-order valence-corrected chi connectivity index (χ3v) is 7.77. The highest BCUT2D eigenvalue weighted by atomic mass is 16.5. The largest absolute Gasteiger partial charge is 0.504 e. The first-order valence-electron chi connectivity index (χ1n) is 14.8. The number of aliphatic hydroxyl groups excluding tert-OH is 1. The second-order valence-electron chi connectivity index (χ2n) is 11.6. The van der Waals surface area contributed by atoms with Gasteiger partial charge in [0.15, 0.2) is 29.0 Å². The SMILES string of the molecule is COc1c(O)ccc2c1C#CCc1cc(c3c(c1O)OCC(CCNC(N)=NCC(C)C)C3)CCC(O)CC(=O)CC2. The van der Waals surface area contributed by atoms with Gasteiger partial charge in [-0.05, 0) is 61.1 Å². The summed E-state index contributed by atoms with van der Waals surface area (Å²) in [6, 6.07) is 5.22. The second kappa shape index (κ2) is 14.3. The average molecular weight is 578 g/mol. The van der Waals surface area contributed by atoms with Crippen LogP contribution in [0.25, 0.3) is 0 Å². The Morgan fingerprint density at radius 1 is 1.19 bits per heavy atom. The lowest BCUT2D eigenvalue weighted by Gasteiger charge is -2.29. The number of nitrogens with one attached hydrogen (secondary N) is 1. The number of phenols is 2. The summed E-state index contributed by atoms with van der Waals surface area (Å²) >= 11 is 0. The van der Waals surface area contributed by atoms with E-state index in [9.17, 15) is 20.1 Å². The zero-order valence-corrected chi connectivity index (χ0v) is 24.8. The van der Waals surface area contributed by atoms with Crippen molar-refractivity contribution in [1.82, 2.24) is 5.32 Å². The van der Waals surface area contributed by atoms with Gasteiger partial charge in [0.2, 0.25) is 0 Å². The van der Waals surface area contributed by atoms with Crippen LogP contribution in [0.1, 0.15) is 67.3 Å². The number of nitrogens with zero attached hydrogens (tertiary/aromatic N) is 1. The molecule has 42 heavy (non-hydrogen) atoms. The Balaban J connectivity index is 1.61. The molecule has 0 radical (unpaired) electrons. The van der Waals surface area contributed by atoms with Gasteiger partial charge in [-0.3, -0.25) is 9.79 Å². The number of nitrogens with two attached hydrogens (primary N) is 1. The Bertz CT molecular complexity index is 1370. The van der Waals surface area contributed by atoms with E-state index in [4.69, 9.17) is 15.2 Å². The third kappa shape index (κ3) is 7.89. The van der Waals surface area contributed by atoms with E-state index in [0.29, 0.717) is 74.1 Å². The lowest BCUT2D eigenvalue weighted by Crippen LogP contribution is -2.35. The number of ether oxygens (including phenoxy) is 2. The normalized spacial score (nSPS) is 19.4. The lowest BCUT2D eigenvalue weighted by molar-refractivity contribution is -0.121. The molecule has 0 saturated carbocycles. The predicted octanol–water partition coefficient (Wildman–Crippen LogP) is 3.40. The summed E-state index contributed by atoms with van der Waals surface area (Å²) in [7, 11) is 1.46. The summed E-state index contributed by atoms with van der Waals surface area (Å²) in [5.74, 6) is 8.06. The first-order valence-corrected chi connectivity index (χ1v) is 14.8. The highest BCUT2D eigenvalue weighted by molar-refractivity contribution is 5.79. The van der Waals surface area contributed by atoms with Gasteiger partial charge in [-0.2, -0.15) is 0 Å². The summed E-state index contributed by atoms with van der Waals surface area (Å²) < 4.78 is 11.6. The smallest absolute Gasteiger partial charge is 0.188 e. The number of guanidine groups is 1. The van der Waals surface area contributed by atoms with Crippen molar-refractivity contribution in [2.45, 2.75) is 71.3 Å². The summed E-state index contributed by atoms with van der Waals surface area (Å²) in [6.45, 7) is 5.98. The van der Waals surface area contributed by atoms with Crippen molar-refractivity contribution in [2.24, 2.45) is 22.6 Å². The van der Waals surface area contributed by atoms with Crippen LogP contribution in [0.3, 0.4) is 0 Å². The molecule has 9 nitrogen and oxygen atoms in total. The van der Waals surface area contributed by atoms with E-state index < -0.39 is 6.10 Å². The van der Waals surface area contributed by atoms with E-state index in [1.165, 1.54) is 13.2 Å². The number of ketones is 1. The van der Waals surface area contributed by atoms with Crippen molar-refractivity contribution >= 4 is 11.7 Å². The first-order chi connectivity index (χ1) is 20.2. The molecular weight excluding hydrogens is 534 g/mol. The van der Waals surface area contributed by atoms with Gasteiger partial charge in [-0.1, -0.05) is 37.8 Å². The van der Waals surface area contributed by atoms with Crippen LogP contribution < -0.4 is 20.5 Å². The molecule has 2 unspecified atom stereocenters. The maximum atomic E-state index is 12.7. The quantitative estimate of drug-likeness (QED) is 0.199. The van der Waals surface area contributed by atoms with Crippen LogP contribution in [-0.2, 0) is 30.5 Å². The fourth-order valence-electron chi connectivity index (χ4n) is 5.47. The molecule has 2 bridgehead atoms.